The molecule has 2 rings (SSSR count). The van der Waals surface area contributed by atoms with Crippen LogP contribution in [-0.2, 0) is 6.42 Å². The highest BCUT2D eigenvalue weighted by molar-refractivity contribution is 7.09. The van der Waals surface area contributed by atoms with Crippen molar-refractivity contribution in [2.75, 3.05) is 6.61 Å². The van der Waals surface area contributed by atoms with E-state index in [4.69, 9.17) is 15.7 Å². The third kappa shape index (κ3) is 3.66. The fourth-order valence-corrected chi connectivity index (χ4v) is 2.30. The van der Waals surface area contributed by atoms with Gasteiger partial charge in [0.1, 0.15) is 0 Å². The van der Waals surface area contributed by atoms with Gasteiger partial charge in [0.05, 0.1) is 11.5 Å². The first kappa shape index (κ1) is 14.7. The first-order valence-electron chi connectivity index (χ1n) is 5.90. The van der Waals surface area contributed by atoms with Crippen LogP contribution in [0.1, 0.15) is 10.6 Å². The number of rotatable bonds is 6. The average Bonchev–Trinajstić information content (AvgIpc) is 2.99. The van der Waals surface area contributed by atoms with Crippen LogP contribution in [0.25, 0.3) is 0 Å². The molecule has 0 fully saturated rings. The molecule has 0 atom stereocenters. The second-order valence-corrected chi connectivity index (χ2v) is 4.97. The van der Waals surface area contributed by atoms with Gasteiger partial charge >= 0.3 is 0 Å². The fourth-order valence-electron chi connectivity index (χ4n) is 1.61. The average molecular weight is 308 g/mol. The molecule has 0 bridgehead atoms. The summed E-state index contributed by atoms with van der Waals surface area (Å²) in [7, 11) is 0. The Morgan fingerprint density at radius 1 is 1.52 bits per heavy atom. The van der Waals surface area contributed by atoms with E-state index >= 15 is 0 Å². The van der Waals surface area contributed by atoms with Gasteiger partial charge in [-0.05, 0) is 11.4 Å². The molecule has 0 aliphatic carbocycles. The third-order valence-electron chi connectivity index (χ3n) is 2.57. The van der Waals surface area contributed by atoms with Crippen molar-refractivity contribution in [3.63, 3.8) is 0 Å². The van der Waals surface area contributed by atoms with Crippen LogP contribution >= 0.6 is 11.3 Å². The Kier molecular flexibility index (Phi) is 4.67. The molecule has 0 amide bonds. The summed E-state index contributed by atoms with van der Waals surface area (Å²) in [6.45, 7) is 0.376. The second-order valence-electron chi connectivity index (χ2n) is 3.94. The van der Waals surface area contributed by atoms with Crippen molar-refractivity contribution in [1.82, 2.24) is 4.98 Å². The Balaban J connectivity index is 2.12. The topological polar surface area (TPSA) is 124 Å². The molecule has 0 spiro atoms. The number of nitrogens with two attached hydrogens (primary N) is 1. The number of amidine groups is 1. The van der Waals surface area contributed by atoms with Crippen LogP contribution in [0, 0.1) is 10.1 Å². The molecule has 2 aromatic rings. The summed E-state index contributed by atoms with van der Waals surface area (Å²) in [6.07, 6.45) is 0.704. The minimum absolute atomic E-state index is 0.179. The van der Waals surface area contributed by atoms with Crippen LogP contribution in [-0.4, -0.2) is 27.6 Å². The van der Waals surface area contributed by atoms with Crippen molar-refractivity contribution >= 4 is 22.9 Å². The van der Waals surface area contributed by atoms with E-state index in [9.17, 15) is 10.1 Å². The van der Waals surface area contributed by atoms with E-state index in [0.29, 0.717) is 13.0 Å². The summed E-state index contributed by atoms with van der Waals surface area (Å²) in [6, 6.07) is 6.52. The standard InChI is InChI=1S/C12H12N4O4S/c13-12(15-17)11-9(16(18)19)3-4-10(14-11)20-6-5-8-2-1-7-21-8/h1-4,7,17H,5-6H2,(H2,13,15). The van der Waals surface area contributed by atoms with E-state index in [1.807, 2.05) is 17.5 Å². The maximum Gasteiger partial charge on any atom is 0.299 e. The molecule has 0 radical (unpaired) electrons. The van der Waals surface area contributed by atoms with Crippen molar-refractivity contribution in [1.29, 1.82) is 0 Å². The highest BCUT2D eigenvalue weighted by Crippen LogP contribution is 2.20. The molecule has 110 valence electrons. The number of nitro groups is 1. The molecular formula is C12H12N4O4S. The van der Waals surface area contributed by atoms with Gasteiger partial charge in [0.2, 0.25) is 5.88 Å². The Morgan fingerprint density at radius 3 is 2.95 bits per heavy atom. The minimum atomic E-state index is -0.657. The van der Waals surface area contributed by atoms with Gasteiger partial charge in [-0.2, -0.15) is 0 Å². The summed E-state index contributed by atoms with van der Waals surface area (Å²) >= 11 is 1.61. The molecule has 2 aromatic heterocycles. The van der Waals surface area contributed by atoms with Crippen LogP contribution in [0.15, 0.2) is 34.8 Å². The lowest BCUT2D eigenvalue weighted by Crippen LogP contribution is -2.17. The number of pyridine rings is 1. The molecule has 9 heteroatoms. The van der Waals surface area contributed by atoms with Crippen molar-refractivity contribution in [3.8, 4) is 5.88 Å². The Labute approximate surface area is 123 Å². The van der Waals surface area contributed by atoms with Crippen LogP contribution in [0.4, 0.5) is 5.69 Å². The zero-order chi connectivity index (χ0) is 15.2. The van der Waals surface area contributed by atoms with Gasteiger partial charge in [0.15, 0.2) is 11.5 Å². The van der Waals surface area contributed by atoms with E-state index in [1.54, 1.807) is 11.3 Å². The van der Waals surface area contributed by atoms with Crippen LogP contribution in [0.3, 0.4) is 0 Å². The lowest BCUT2D eigenvalue weighted by atomic mass is 10.3. The van der Waals surface area contributed by atoms with Crippen LogP contribution in [0.2, 0.25) is 0 Å². The Hall–Kier alpha value is -2.68. The van der Waals surface area contributed by atoms with Gasteiger partial charge in [-0.25, -0.2) is 4.98 Å². The van der Waals surface area contributed by atoms with Gasteiger partial charge in [-0.15, -0.1) is 11.3 Å². The van der Waals surface area contributed by atoms with Gasteiger partial charge in [-0.1, -0.05) is 11.2 Å². The molecule has 21 heavy (non-hydrogen) atoms. The van der Waals surface area contributed by atoms with E-state index < -0.39 is 10.8 Å². The Morgan fingerprint density at radius 2 is 2.33 bits per heavy atom. The fraction of sp³-hybridized carbons (Fsp3) is 0.167. The van der Waals surface area contributed by atoms with Gasteiger partial charge in [0, 0.05) is 23.4 Å². The maximum absolute atomic E-state index is 10.9. The van der Waals surface area contributed by atoms with E-state index in [-0.39, 0.29) is 17.3 Å². The summed E-state index contributed by atoms with van der Waals surface area (Å²) in [5.41, 5.74) is 4.81. The zero-order valence-corrected chi connectivity index (χ0v) is 11.6. The van der Waals surface area contributed by atoms with Crippen molar-refractivity contribution in [2.45, 2.75) is 6.42 Å². The number of hydrogen-bond donors (Lipinski definition) is 2. The van der Waals surface area contributed by atoms with Crippen molar-refractivity contribution < 1.29 is 14.9 Å². The first-order chi connectivity index (χ1) is 10.1. The lowest BCUT2D eigenvalue weighted by molar-refractivity contribution is -0.385. The molecule has 0 unspecified atom stereocenters. The minimum Gasteiger partial charge on any atom is -0.477 e. The van der Waals surface area contributed by atoms with Crippen LogP contribution < -0.4 is 10.5 Å². The number of hydrogen-bond acceptors (Lipinski definition) is 7. The highest BCUT2D eigenvalue weighted by Gasteiger charge is 2.20. The summed E-state index contributed by atoms with van der Waals surface area (Å²) in [4.78, 5) is 15.3. The number of nitrogens with zero attached hydrogens (tertiary/aromatic N) is 3. The largest absolute Gasteiger partial charge is 0.477 e. The predicted molar refractivity (Wildman–Crippen MR) is 76.9 cm³/mol. The van der Waals surface area contributed by atoms with Crippen molar-refractivity contribution in [3.05, 3.63) is 50.3 Å². The monoisotopic (exact) mass is 308 g/mol. The number of ether oxygens (including phenoxy) is 1. The van der Waals surface area contributed by atoms with Gasteiger partial charge in [-0.3, -0.25) is 10.1 Å². The smallest absolute Gasteiger partial charge is 0.299 e. The predicted octanol–water partition coefficient (Wildman–Crippen LogP) is 1.77. The normalized spacial score (nSPS) is 11.3. The summed E-state index contributed by atoms with van der Waals surface area (Å²) in [5.74, 6) is -0.260. The molecule has 8 nitrogen and oxygen atoms in total. The summed E-state index contributed by atoms with van der Waals surface area (Å²) in [5, 5.41) is 24.2. The quantitative estimate of drug-likeness (QED) is 0.275. The first-order valence-corrected chi connectivity index (χ1v) is 6.78. The van der Waals surface area contributed by atoms with E-state index in [2.05, 4.69) is 10.1 Å². The molecule has 0 aliphatic rings. The molecule has 0 aromatic carbocycles. The maximum atomic E-state index is 10.9. The third-order valence-corrected chi connectivity index (χ3v) is 3.51. The van der Waals surface area contributed by atoms with E-state index in [1.165, 1.54) is 12.1 Å². The number of oxime groups is 1. The van der Waals surface area contributed by atoms with Gasteiger partial charge < -0.3 is 15.7 Å². The van der Waals surface area contributed by atoms with E-state index in [0.717, 1.165) is 4.88 Å². The second kappa shape index (κ2) is 6.66. The molecule has 0 saturated carbocycles. The zero-order valence-electron chi connectivity index (χ0n) is 10.8. The number of thiophene rings is 1. The molecule has 0 aliphatic heterocycles. The Bertz CT molecular complexity index is 657. The number of aromatic nitrogens is 1. The SMILES string of the molecule is N/C(=N/O)c1nc(OCCc2cccs2)ccc1[N+](=O)[O-]. The highest BCUT2D eigenvalue weighted by atomic mass is 32.1. The molecule has 3 N–H and O–H groups in total. The van der Waals surface area contributed by atoms with Crippen LogP contribution in [0.5, 0.6) is 5.88 Å². The molecular weight excluding hydrogens is 296 g/mol. The summed E-state index contributed by atoms with van der Waals surface area (Å²) < 4.78 is 5.43. The van der Waals surface area contributed by atoms with Crippen molar-refractivity contribution in [2.24, 2.45) is 10.9 Å². The lowest BCUT2D eigenvalue weighted by Gasteiger charge is -2.06. The molecule has 2 heterocycles. The van der Waals surface area contributed by atoms with Gasteiger partial charge in [0.25, 0.3) is 5.69 Å². The molecule has 0 saturated heterocycles.